The number of carbonyl (C=O) groups excluding carboxylic acids is 1. The fourth-order valence-corrected chi connectivity index (χ4v) is 8.28. The molecule has 2 saturated heterocycles. The number of phenols is 6. The second-order valence-corrected chi connectivity index (χ2v) is 15.6. The fourth-order valence-electron chi connectivity index (χ4n) is 8.28. The third kappa shape index (κ3) is 7.92. The molecule has 13 atom stereocenters. The van der Waals surface area contributed by atoms with Crippen molar-refractivity contribution in [2.24, 2.45) is 0 Å². The van der Waals surface area contributed by atoms with Gasteiger partial charge in [0.25, 0.3) is 0 Å². The van der Waals surface area contributed by atoms with Crippen LogP contribution in [0.25, 0.3) is 0 Å². The summed E-state index contributed by atoms with van der Waals surface area (Å²) in [6.45, 7) is -1.62. The van der Waals surface area contributed by atoms with Crippen molar-refractivity contribution in [1.82, 2.24) is 0 Å². The third-order valence-electron chi connectivity index (χ3n) is 11.6. The van der Waals surface area contributed by atoms with Crippen LogP contribution in [-0.2, 0) is 9.47 Å². The van der Waals surface area contributed by atoms with Gasteiger partial charge in [0, 0.05) is 41.7 Å². The van der Waals surface area contributed by atoms with Crippen molar-refractivity contribution in [2.75, 3.05) is 13.2 Å². The summed E-state index contributed by atoms with van der Waals surface area (Å²) < 4.78 is 36.0. The number of ketones is 1. The van der Waals surface area contributed by atoms with Gasteiger partial charge in [-0.3, -0.25) is 4.79 Å². The number of phenolic OH excluding ortho intramolecular Hbond substituents is 6. The second kappa shape index (κ2) is 17.0. The van der Waals surface area contributed by atoms with Crippen LogP contribution in [0.2, 0.25) is 0 Å². The molecule has 2 fully saturated rings. The maximum Gasteiger partial charge on any atom is 0.229 e. The van der Waals surface area contributed by atoms with E-state index in [9.17, 15) is 76.3 Å². The van der Waals surface area contributed by atoms with Gasteiger partial charge in [0.05, 0.1) is 19.6 Å². The Morgan fingerprint density at radius 2 is 1.10 bits per heavy atom. The summed E-state index contributed by atoms with van der Waals surface area (Å²) in [5.41, 5.74) is -0.0536. The molecule has 8 rings (SSSR count). The van der Waals surface area contributed by atoms with E-state index in [0.29, 0.717) is 0 Å². The number of Topliss-reactive ketones (excluding diaryl/α,β-unsaturated/α-hetero) is 1. The fraction of sp³-hybridized carbons (Fsp3) is 0.405. The van der Waals surface area contributed by atoms with Gasteiger partial charge < -0.3 is 99.9 Å². The topological polar surface area (TPSA) is 356 Å². The van der Waals surface area contributed by atoms with Crippen LogP contribution in [0.1, 0.15) is 63.6 Å². The maximum absolute atomic E-state index is 14.4. The number of aromatic hydroxyl groups is 6. The Bertz CT molecular complexity index is 2370. The lowest BCUT2D eigenvalue weighted by Crippen LogP contribution is -2.60. The van der Waals surface area contributed by atoms with Crippen molar-refractivity contribution in [2.45, 2.75) is 92.4 Å². The van der Waals surface area contributed by atoms with E-state index in [2.05, 4.69) is 0 Å². The molecule has 4 aliphatic rings. The molecule has 4 aromatic carbocycles. The van der Waals surface area contributed by atoms with Crippen LogP contribution in [-0.4, -0.2) is 152 Å². The van der Waals surface area contributed by atoms with Crippen molar-refractivity contribution in [3.8, 4) is 57.5 Å². The number of hydrogen-bond acceptors (Lipinski definition) is 21. The average Bonchev–Trinajstić information content (AvgIpc) is 3.25. The predicted molar refractivity (Wildman–Crippen MR) is 207 cm³/mol. The van der Waals surface area contributed by atoms with E-state index in [1.165, 1.54) is 30.3 Å². The smallest absolute Gasteiger partial charge is 0.229 e. The molecule has 0 unspecified atom stereocenters. The Morgan fingerprint density at radius 3 is 1.63 bits per heavy atom. The van der Waals surface area contributed by atoms with E-state index in [-0.39, 0.29) is 51.5 Å². The Hall–Kier alpha value is -5.85. The molecule has 0 aromatic heterocycles. The first-order chi connectivity index (χ1) is 30.0. The molecule has 14 N–H and O–H groups in total. The Morgan fingerprint density at radius 1 is 0.556 bits per heavy atom. The van der Waals surface area contributed by atoms with Gasteiger partial charge in [0.2, 0.25) is 12.6 Å². The van der Waals surface area contributed by atoms with Crippen molar-refractivity contribution >= 4 is 5.78 Å². The van der Waals surface area contributed by atoms with Crippen LogP contribution in [0.4, 0.5) is 0 Å². The number of benzene rings is 4. The SMILES string of the molecule is O=C1C[C@@H](c2ccc(O)c(O)c2)Oc2c1c(O[C@@H]1O[C@H](CO)[C@@H](O)[C@H](O)[C@H]1O)cc(O)c2[C@@H]1C[C@@H](c2ccc(O)c(O)c2)Oc2cc(O)cc(O[C@@H]3O[C@H](CO)[C@@H](O)[C@H](O)[C@H]3O)c21. The van der Waals surface area contributed by atoms with Gasteiger partial charge in [-0.1, -0.05) is 12.1 Å². The molecule has 4 aromatic rings. The molecule has 0 amide bonds. The lowest BCUT2D eigenvalue weighted by atomic mass is 9.79. The summed E-state index contributed by atoms with van der Waals surface area (Å²) in [5, 5.41) is 147. The summed E-state index contributed by atoms with van der Waals surface area (Å²) >= 11 is 0. The molecule has 0 saturated carbocycles. The van der Waals surface area contributed by atoms with Gasteiger partial charge in [-0.05, 0) is 35.4 Å². The quantitative estimate of drug-likeness (QED) is 0.0954. The molecular weight excluding hydrogens is 840 g/mol. The van der Waals surface area contributed by atoms with Crippen molar-refractivity contribution < 1.29 is 105 Å². The number of hydrogen-bond donors (Lipinski definition) is 14. The Balaban J connectivity index is 1.32. The highest BCUT2D eigenvalue weighted by molar-refractivity contribution is 6.03. The first-order valence-corrected chi connectivity index (χ1v) is 19.6. The monoisotopic (exact) mass is 884 g/mol. The molecule has 0 spiro atoms. The van der Waals surface area contributed by atoms with E-state index in [1.54, 1.807) is 0 Å². The minimum atomic E-state index is -1.95. The van der Waals surface area contributed by atoms with Gasteiger partial charge in [-0.25, -0.2) is 0 Å². The molecule has 4 aliphatic heterocycles. The molecule has 21 nitrogen and oxygen atoms in total. The molecule has 4 heterocycles. The summed E-state index contributed by atoms with van der Waals surface area (Å²) in [6, 6.07) is 10.7. The van der Waals surface area contributed by atoms with Crippen molar-refractivity contribution in [1.29, 1.82) is 0 Å². The lowest BCUT2D eigenvalue weighted by Gasteiger charge is -2.41. The van der Waals surface area contributed by atoms with E-state index in [0.717, 1.165) is 24.3 Å². The lowest BCUT2D eigenvalue weighted by molar-refractivity contribution is -0.277. The highest BCUT2D eigenvalue weighted by atomic mass is 16.7. The van der Waals surface area contributed by atoms with E-state index < -0.39 is 145 Å². The van der Waals surface area contributed by atoms with Crippen LogP contribution < -0.4 is 18.9 Å². The van der Waals surface area contributed by atoms with Gasteiger partial charge in [-0.2, -0.15) is 0 Å². The number of fused-ring (bicyclic) bond motifs is 2. The van der Waals surface area contributed by atoms with Gasteiger partial charge >= 0.3 is 0 Å². The average molecular weight is 885 g/mol. The summed E-state index contributed by atoms with van der Waals surface area (Å²) in [5.74, 6) is -6.37. The zero-order chi connectivity index (χ0) is 45.2. The summed E-state index contributed by atoms with van der Waals surface area (Å²) in [7, 11) is 0. The summed E-state index contributed by atoms with van der Waals surface area (Å²) in [4.78, 5) is 14.4. The molecule has 0 radical (unpaired) electrons. The van der Waals surface area contributed by atoms with Crippen LogP contribution in [0.15, 0.2) is 54.6 Å². The minimum Gasteiger partial charge on any atom is -0.508 e. The van der Waals surface area contributed by atoms with Gasteiger partial charge in [0.15, 0.2) is 28.8 Å². The first kappa shape index (κ1) is 43.8. The molecule has 0 aliphatic carbocycles. The van der Waals surface area contributed by atoms with Gasteiger partial charge in [-0.15, -0.1) is 0 Å². The number of ether oxygens (including phenoxy) is 6. The standard InChI is InChI=1S/C42H44O21/c43-12-29-34(52)36(54)38(56)41(62-29)60-27-8-16(45)7-26-32(27)17(9-24(58-26)14-1-3-18(46)20(48)5-14)31-22(50)11-28(61-42-39(57)37(55)35(53)30(13-44)63-42)33-23(51)10-25(59-40(31)33)15-2-4-19(47)21(49)6-15/h1-8,11,17,24-25,29-30,34-39,41-50,52-57H,9-10,12-13H2/t17-,24-,25-,29+,30+,34+,35+,36-,37-,38+,39+,41+,42+/m0/s1. The highest BCUT2D eigenvalue weighted by Gasteiger charge is 2.49. The number of aliphatic hydroxyl groups excluding tert-OH is 8. The molecule has 63 heavy (non-hydrogen) atoms. The third-order valence-corrected chi connectivity index (χ3v) is 11.6. The zero-order valence-electron chi connectivity index (χ0n) is 32.6. The first-order valence-electron chi connectivity index (χ1n) is 19.6. The normalized spacial score (nSPS) is 31.6. The zero-order valence-corrected chi connectivity index (χ0v) is 32.6. The van der Waals surface area contributed by atoms with E-state index in [1.807, 2.05) is 0 Å². The van der Waals surface area contributed by atoms with Crippen LogP contribution >= 0.6 is 0 Å². The Kier molecular flexibility index (Phi) is 11.8. The Labute approximate surface area is 355 Å². The van der Waals surface area contributed by atoms with Crippen molar-refractivity contribution in [3.63, 3.8) is 0 Å². The molecule has 0 bridgehead atoms. The molecular formula is C42H44O21. The predicted octanol–water partition coefficient (Wildman–Crippen LogP) is -0.360. The van der Waals surface area contributed by atoms with Gasteiger partial charge in [0.1, 0.15) is 101 Å². The maximum atomic E-state index is 14.4. The highest BCUT2D eigenvalue weighted by Crippen LogP contribution is 2.58. The van der Waals surface area contributed by atoms with Crippen molar-refractivity contribution in [3.05, 3.63) is 82.4 Å². The number of carbonyl (C=O) groups is 1. The van der Waals surface area contributed by atoms with Crippen LogP contribution in [0.3, 0.4) is 0 Å². The van der Waals surface area contributed by atoms with Crippen LogP contribution in [0.5, 0.6) is 57.5 Å². The number of aliphatic hydroxyl groups is 8. The van der Waals surface area contributed by atoms with Crippen LogP contribution in [0, 0.1) is 0 Å². The minimum absolute atomic E-state index is 0.00422. The number of rotatable bonds is 9. The largest absolute Gasteiger partial charge is 0.508 e. The molecule has 21 heteroatoms. The summed E-state index contributed by atoms with van der Waals surface area (Å²) in [6.07, 6.45) is -20.6. The van der Waals surface area contributed by atoms with E-state index >= 15 is 0 Å². The molecule has 338 valence electrons. The second-order valence-electron chi connectivity index (χ2n) is 15.6. The van der Waals surface area contributed by atoms with E-state index in [4.69, 9.17) is 28.4 Å².